The fraction of sp³-hybridized carbons (Fsp3) is 0.727. The number of hydrogen-bond donors (Lipinski definition) is 0. The number of carbonyl (C=O) groups excluding carboxylic acids is 1. The third-order valence-electron chi connectivity index (χ3n) is 2.28. The molecule has 0 bridgehead atoms. The van der Waals surface area contributed by atoms with Crippen molar-refractivity contribution in [2.24, 2.45) is 0 Å². The van der Waals surface area contributed by atoms with Crippen LogP contribution >= 0.6 is 0 Å². The molecule has 106 valence electrons. The second-order valence-corrected chi connectivity index (χ2v) is 5.72. The molecule has 0 aromatic rings. The first-order valence-corrected chi connectivity index (χ1v) is 7.23. The fourth-order valence-electron chi connectivity index (χ4n) is 1.31. The van der Waals surface area contributed by atoms with Gasteiger partial charge in [-0.1, -0.05) is 6.08 Å². The van der Waals surface area contributed by atoms with Gasteiger partial charge in [0.1, 0.15) is 0 Å². The van der Waals surface area contributed by atoms with Crippen LogP contribution in [0.5, 0.6) is 0 Å². The maximum atomic E-state index is 12.0. The zero-order valence-corrected chi connectivity index (χ0v) is 11.7. The third kappa shape index (κ3) is 6.73. The van der Waals surface area contributed by atoms with Gasteiger partial charge in [0.05, 0.1) is 19.5 Å². The van der Waals surface area contributed by atoms with E-state index in [9.17, 15) is 13.2 Å². The summed E-state index contributed by atoms with van der Waals surface area (Å²) in [6.07, 6.45) is 1.87. The van der Waals surface area contributed by atoms with Crippen molar-refractivity contribution in [3.63, 3.8) is 0 Å². The number of methoxy groups -OCH3 is 2. The van der Waals surface area contributed by atoms with Crippen molar-refractivity contribution in [2.75, 3.05) is 39.7 Å². The van der Waals surface area contributed by atoms with E-state index in [0.29, 0.717) is 6.61 Å². The average molecular weight is 279 g/mol. The van der Waals surface area contributed by atoms with Crippen molar-refractivity contribution in [2.45, 2.75) is 12.8 Å². The number of rotatable bonds is 10. The molecule has 0 radical (unpaired) electrons. The Balaban J connectivity index is 4.35. The monoisotopic (exact) mass is 279 g/mol. The summed E-state index contributed by atoms with van der Waals surface area (Å²) in [5, 5.41) is 0. The number of ether oxygens (including phenoxy) is 2. The molecule has 18 heavy (non-hydrogen) atoms. The Bertz CT molecular complexity index is 352. The largest absolute Gasteiger partial charge is 0.469 e. The molecule has 0 heterocycles. The summed E-state index contributed by atoms with van der Waals surface area (Å²) in [4.78, 5) is 10.9. The lowest BCUT2D eigenvalue weighted by Gasteiger charge is -2.20. The minimum absolute atomic E-state index is 0.0837. The number of sulfonamides is 1. The van der Waals surface area contributed by atoms with E-state index in [0.717, 1.165) is 0 Å². The highest BCUT2D eigenvalue weighted by atomic mass is 32.2. The van der Waals surface area contributed by atoms with Gasteiger partial charge in [-0.2, -0.15) is 4.31 Å². The van der Waals surface area contributed by atoms with Crippen LogP contribution in [0.1, 0.15) is 12.8 Å². The molecule has 0 unspecified atom stereocenters. The van der Waals surface area contributed by atoms with Crippen LogP contribution in [0.25, 0.3) is 0 Å². The number of carbonyl (C=O) groups is 1. The number of nitrogens with zero attached hydrogens (tertiary/aromatic N) is 1. The average Bonchev–Trinajstić information content (AvgIpc) is 2.33. The highest BCUT2D eigenvalue weighted by Crippen LogP contribution is 2.05. The summed E-state index contributed by atoms with van der Waals surface area (Å²) < 4.78 is 34.5. The van der Waals surface area contributed by atoms with Gasteiger partial charge in [-0.05, 0) is 6.42 Å². The SMILES string of the molecule is C=CCN(CCOC)S(=O)(=O)CCCC(=O)OC. The quantitative estimate of drug-likeness (QED) is 0.427. The van der Waals surface area contributed by atoms with E-state index in [1.54, 1.807) is 0 Å². The minimum atomic E-state index is -3.39. The molecule has 0 aromatic heterocycles. The molecule has 0 rings (SSSR count). The van der Waals surface area contributed by atoms with Gasteiger partial charge in [0.15, 0.2) is 0 Å². The standard InChI is InChI=1S/C11H21NO5S/c1-4-7-12(8-9-16-2)18(14,15)10-5-6-11(13)17-3/h4H,1,5-10H2,2-3H3. The lowest BCUT2D eigenvalue weighted by Crippen LogP contribution is -2.35. The highest BCUT2D eigenvalue weighted by molar-refractivity contribution is 7.89. The topological polar surface area (TPSA) is 72.9 Å². The summed E-state index contributed by atoms with van der Waals surface area (Å²) in [5.41, 5.74) is 0. The van der Waals surface area contributed by atoms with Gasteiger partial charge in [0.25, 0.3) is 0 Å². The van der Waals surface area contributed by atoms with Crippen LogP contribution < -0.4 is 0 Å². The van der Waals surface area contributed by atoms with Crippen molar-refractivity contribution in [1.82, 2.24) is 4.31 Å². The molecule has 7 heteroatoms. The molecule has 0 N–H and O–H groups in total. The first kappa shape index (κ1) is 17.1. The minimum Gasteiger partial charge on any atom is -0.469 e. The summed E-state index contributed by atoms with van der Waals surface area (Å²) in [5.74, 6) is -0.489. The summed E-state index contributed by atoms with van der Waals surface area (Å²) in [6, 6.07) is 0. The lowest BCUT2D eigenvalue weighted by molar-refractivity contribution is -0.140. The highest BCUT2D eigenvalue weighted by Gasteiger charge is 2.20. The molecular formula is C11H21NO5S. The molecular weight excluding hydrogens is 258 g/mol. The Hall–Kier alpha value is -0.920. The zero-order valence-electron chi connectivity index (χ0n) is 10.9. The van der Waals surface area contributed by atoms with Crippen molar-refractivity contribution in [3.05, 3.63) is 12.7 Å². The Morgan fingerprint density at radius 2 is 2.06 bits per heavy atom. The van der Waals surface area contributed by atoms with E-state index in [-0.39, 0.29) is 31.7 Å². The van der Waals surface area contributed by atoms with Crippen LogP contribution in [-0.2, 0) is 24.3 Å². The van der Waals surface area contributed by atoms with E-state index in [2.05, 4.69) is 11.3 Å². The summed E-state index contributed by atoms with van der Waals surface area (Å²) >= 11 is 0. The van der Waals surface area contributed by atoms with Gasteiger partial charge >= 0.3 is 5.97 Å². The van der Waals surface area contributed by atoms with Gasteiger partial charge < -0.3 is 9.47 Å². The van der Waals surface area contributed by atoms with Crippen LogP contribution in [0, 0.1) is 0 Å². The van der Waals surface area contributed by atoms with Gasteiger partial charge in [-0.3, -0.25) is 4.79 Å². The van der Waals surface area contributed by atoms with Crippen molar-refractivity contribution in [3.8, 4) is 0 Å². The Morgan fingerprint density at radius 1 is 1.39 bits per heavy atom. The maximum absolute atomic E-state index is 12.0. The predicted molar refractivity (Wildman–Crippen MR) is 68.7 cm³/mol. The second kappa shape index (κ2) is 9.07. The number of esters is 1. The van der Waals surface area contributed by atoms with E-state index in [1.807, 2.05) is 0 Å². The molecule has 0 aliphatic rings. The number of hydrogen-bond acceptors (Lipinski definition) is 5. The molecule has 0 saturated heterocycles. The predicted octanol–water partition coefficient (Wildman–Crippen LogP) is 0.404. The Labute approximate surface area is 109 Å². The van der Waals surface area contributed by atoms with Crippen molar-refractivity contribution in [1.29, 1.82) is 0 Å². The molecule has 0 fully saturated rings. The van der Waals surface area contributed by atoms with Gasteiger partial charge in [-0.15, -0.1) is 6.58 Å². The van der Waals surface area contributed by atoms with Crippen molar-refractivity contribution < 1.29 is 22.7 Å². The van der Waals surface area contributed by atoms with Crippen molar-refractivity contribution >= 4 is 16.0 Å². The molecule has 0 aliphatic heterocycles. The Kier molecular flexibility index (Phi) is 8.61. The van der Waals surface area contributed by atoms with E-state index in [4.69, 9.17) is 4.74 Å². The van der Waals surface area contributed by atoms with Gasteiger partial charge in [0.2, 0.25) is 10.0 Å². The van der Waals surface area contributed by atoms with E-state index < -0.39 is 16.0 Å². The van der Waals surface area contributed by atoms with Gasteiger partial charge in [0, 0.05) is 26.6 Å². The van der Waals surface area contributed by atoms with Crippen LogP contribution in [0.2, 0.25) is 0 Å². The smallest absolute Gasteiger partial charge is 0.305 e. The molecule has 0 atom stereocenters. The van der Waals surface area contributed by atoms with Crippen LogP contribution in [0.15, 0.2) is 12.7 Å². The molecule has 0 aliphatic carbocycles. The third-order valence-corrected chi connectivity index (χ3v) is 4.20. The fourth-order valence-corrected chi connectivity index (χ4v) is 2.76. The molecule has 0 saturated carbocycles. The zero-order chi connectivity index (χ0) is 14.0. The lowest BCUT2D eigenvalue weighted by atomic mass is 10.3. The summed E-state index contributed by atoms with van der Waals surface area (Å²) in [6.45, 7) is 4.37. The molecule has 0 spiro atoms. The maximum Gasteiger partial charge on any atom is 0.305 e. The Morgan fingerprint density at radius 3 is 2.56 bits per heavy atom. The first-order valence-electron chi connectivity index (χ1n) is 5.62. The summed E-state index contributed by atoms with van der Waals surface area (Å²) in [7, 11) is -0.599. The second-order valence-electron chi connectivity index (χ2n) is 3.64. The normalized spacial score (nSPS) is 11.5. The van der Waals surface area contributed by atoms with Crippen LogP contribution in [0.3, 0.4) is 0 Å². The van der Waals surface area contributed by atoms with Gasteiger partial charge in [-0.25, -0.2) is 8.42 Å². The van der Waals surface area contributed by atoms with Crippen LogP contribution in [-0.4, -0.2) is 58.4 Å². The molecule has 0 amide bonds. The molecule has 6 nitrogen and oxygen atoms in total. The molecule has 0 aromatic carbocycles. The van der Waals surface area contributed by atoms with Crippen LogP contribution in [0.4, 0.5) is 0 Å². The first-order chi connectivity index (χ1) is 8.47. The van der Waals surface area contributed by atoms with E-state index in [1.165, 1.54) is 24.6 Å². The van der Waals surface area contributed by atoms with E-state index >= 15 is 0 Å².